The van der Waals surface area contributed by atoms with E-state index < -0.39 is 11.8 Å². The summed E-state index contributed by atoms with van der Waals surface area (Å²) in [6.07, 6.45) is 0. The van der Waals surface area contributed by atoms with Crippen molar-refractivity contribution in [1.82, 2.24) is 9.80 Å². The number of halogens is 1. The van der Waals surface area contributed by atoms with E-state index in [9.17, 15) is 14.4 Å². The lowest BCUT2D eigenvalue weighted by atomic mass is 10.1. The van der Waals surface area contributed by atoms with E-state index in [1.807, 2.05) is 31.2 Å². The fourth-order valence-electron chi connectivity index (χ4n) is 2.84. The zero-order valence-electron chi connectivity index (χ0n) is 14.9. The van der Waals surface area contributed by atoms with Crippen LogP contribution in [0.2, 0.25) is 5.02 Å². The van der Waals surface area contributed by atoms with Gasteiger partial charge in [-0.25, -0.2) is 0 Å². The maximum atomic E-state index is 12.4. The molecule has 140 valence electrons. The Morgan fingerprint density at radius 2 is 1.56 bits per heavy atom. The van der Waals surface area contributed by atoms with Crippen LogP contribution in [0.3, 0.4) is 0 Å². The van der Waals surface area contributed by atoms with Crippen molar-refractivity contribution in [2.24, 2.45) is 0 Å². The van der Waals surface area contributed by atoms with Crippen LogP contribution in [0.5, 0.6) is 0 Å². The number of anilines is 1. The zero-order valence-corrected chi connectivity index (χ0v) is 15.7. The average Bonchev–Trinajstić information content (AvgIpc) is 2.65. The second-order valence-electron chi connectivity index (χ2n) is 6.49. The van der Waals surface area contributed by atoms with E-state index in [0.29, 0.717) is 30.3 Å². The van der Waals surface area contributed by atoms with E-state index in [2.05, 4.69) is 5.32 Å². The van der Waals surface area contributed by atoms with Crippen molar-refractivity contribution < 1.29 is 14.4 Å². The Balaban J connectivity index is 1.55. The number of hydrogen-bond acceptors (Lipinski definition) is 3. The van der Waals surface area contributed by atoms with Crippen LogP contribution >= 0.6 is 11.6 Å². The number of nitrogens with one attached hydrogen (secondary N) is 1. The summed E-state index contributed by atoms with van der Waals surface area (Å²) in [6, 6.07) is 14.5. The lowest BCUT2D eigenvalue weighted by molar-refractivity contribution is -0.157. The Bertz CT molecular complexity index is 850. The molecule has 1 saturated heterocycles. The molecule has 0 bridgehead atoms. The zero-order chi connectivity index (χ0) is 19.4. The molecule has 1 N–H and O–H groups in total. The lowest BCUT2D eigenvalue weighted by Gasteiger charge is -2.33. The fraction of sp³-hybridized carbons (Fsp3) is 0.250. The first-order chi connectivity index (χ1) is 12.9. The highest BCUT2D eigenvalue weighted by Gasteiger charge is 2.33. The van der Waals surface area contributed by atoms with Gasteiger partial charge in [0, 0.05) is 30.3 Å². The van der Waals surface area contributed by atoms with Gasteiger partial charge in [-0.1, -0.05) is 41.4 Å². The molecule has 0 aliphatic carbocycles. The molecule has 1 aliphatic rings. The number of rotatable bonds is 5. The van der Waals surface area contributed by atoms with E-state index >= 15 is 0 Å². The third kappa shape index (κ3) is 4.86. The van der Waals surface area contributed by atoms with Gasteiger partial charge in [0.25, 0.3) is 0 Å². The van der Waals surface area contributed by atoms with Crippen molar-refractivity contribution >= 4 is 35.0 Å². The van der Waals surface area contributed by atoms with Gasteiger partial charge in [-0.3, -0.25) is 14.4 Å². The van der Waals surface area contributed by atoms with Crippen molar-refractivity contribution in [2.75, 3.05) is 25.0 Å². The molecular weight excluding hydrogens is 366 g/mol. The molecular formula is C20H20ClN3O3. The van der Waals surface area contributed by atoms with Gasteiger partial charge in [-0.15, -0.1) is 0 Å². The molecule has 0 spiro atoms. The van der Waals surface area contributed by atoms with E-state index in [1.165, 1.54) is 9.80 Å². The largest absolute Gasteiger partial charge is 0.328 e. The summed E-state index contributed by atoms with van der Waals surface area (Å²) in [5, 5.41) is 3.26. The van der Waals surface area contributed by atoms with Gasteiger partial charge in [-0.2, -0.15) is 0 Å². The van der Waals surface area contributed by atoms with Gasteiger partial charge >= 0.3 is 11.8 Å². The molecule has 0 radical (unpaired) electrons. The summed E-state index contributed by atoms with van der Waals surface area (Å²) in [5.74, 6) is -1.59. The summed E-state index contributed by atoms with van der Waals surface area (Å²) in [5.41, 5.74) is 2.69. The Labute approximate surface area is 162 Å². The molecule has 2 aromatic rings. The summed E-state index contributed by atoms with van der Waals surface area (Å²) in [4.78, 5) is 39.7. The topological polar surface area (TPSA) is 69.7 Å². The molecule has 27 heavy (non-hydrogen) atoms. The van der Waals surface area contributed by atoms with E-state index in [0.717, 1.165) is 11.1 Å². The van der Waals surface area contributed by atoms with Gasteiger partial charge in [0.15, 0.2) is 0 Å². The molecule has 0 unspecified atom stereocenters. The Kier molecular flexibility index (Phi) is 5.76. The number of carbonyl (C=O) groups is 3. The summed E-state index contributed by atoms with van der Waals surface area (Å²) in [7, 11) is 0. The van der Waals surface area contributed by atoms with Gasteiger partial charge in [-0.05, 0) is 36.8 Å². The van der Waals surface area contributed by atoms with Gasteiger partial charge in [0.2, 0.25) is 5.91 Å². The van der Waals surface area contributed by atoms with Crippen molar-refractivity contribution in [3.8, 4) is 0 Å². The summed E-state index contributed by atoms with van der Waals surface area (Å²) >= 11 is 5.81. The standard InChI is InChI=1S/C20H20ClN3O3/c1-14-2-4-15(5-3-14)12-23-10-11-24(20(27)19(23)26)13-18(25)22-17-8-6-16(21)7-9-17/h2-9H,10-13H2,1H3,(H,22,25). The Morgan fingerprint density at radius 1 is 0.963 bits per heavy atom. The number of aryl methyl sites for hydroxylation is 1. The first-order valence-corrected chi connectivity index (χ1v) is 8.99. The SMILES string of the molecule is Cc1ccc(CN2CCN(CC(=O)Nc3ccc(Cl)cc3)C(=O)C2=O)cc1. The molecule has 6 nitrogen and oxygen atoms in total. The third-order valence-corrected chi connectivity index (χ3v) is 4.61. The molecule has 3 rings (SSSR count). The molecule has 2 aromatic carbocycles. The molecule has 3 amide bonds. The van der Waals surface area contributed by atoms with Crippen molar-refractivity contribution in [3.63, 3.8) is 0 Å². The Morgan fingerprint density at radius 3 is 2.22 bits per heavy atom. The second-order valence-corrected chi connectivity index (χ2v) is 6.93. The van der Waals surface area contributed by atoms with Crippen LogP contribution in [0.25, 0.3) is 0 Å². The molecule has 1 heterocycles. The lowest BCUT2D eigenvalue weighted by Crippen LogP contribution is -2.55. The van der Waals surface area contributed by atoms with E-state index in [-0.39, 0.29) is 12.5 Å². The predicted octanol–water partition coefficient (Wildman–Crippen LogP) is 2.46. The minimum atomic E-state index is -0.653. The normalized spacial score (nSPS) is 14.4. The monoisotopic (exact) mass is 385 g/mol. The van der Waals surface area contributed by atoms with Gasteiger partial charge < -0.3 is 15.1 Å². The number of amides is 3. The molecule has 1 aliphatic heterocycles. The maximum Gasteiger partial charge on any atom is 0.312 e. The first kappa shape index (κ1) is 18.9. The number of carbonyl (C=O) groups excluding carboxylic acids is 3. The third-order valence-electron chi connectivity index (χ3n) is 4.35. The molecule has 0 aromatic heterocycles. The smallest absolute Gasteiger partial charge is 0.312 e. The minimum Gasteiger partial charge on any atom is -0.328 e. The van der Waals surface area contributed by atoms with Crippen LogP contribution in [0, 0.1) is 6.92 Å². The van der Waals surface area contributed by atoms with Crippen molar-refractivity contribution in [1.29, 1.82) is 0 Å². The fourth-order valence-corrected chi connectivity index (χ4v) is 2.96. The van der Waals surface area contributed by atoms with Crippen molar-refractivity contribution in [3.05, 3.63) is 64.7 Å². The van der Waals surface area contributed by atoms with E-state index in [4.69, 9.17) is 11.6 Å². The van der Waals surface area contributed by atoms with E-state index in [1.54, 1.807) is 24.3 Å². The van der Waals surface area contributed by atoms with Gasteiger partial charge in [0.1, 0.15) is 6.54 Å². The Hall–Kier alpha value is -2.86. The second kappa shape index (κ2) is 8.22. The highest BCUT2D eigenvalue weighted by Crippen LogP contribution is 2.14. The minimum absolute atomic E-state index is 0.161. The number of piperazine rings is 1. The number of nitrogens with zero attached hydrogens (tertiary/aromatic N) is 2. The highest BCUT2D eigenvalue weighted by molar-refractivity contribution is 6.35. The van der Waals surface area contributed by atoms with Crippen LogP contribution in [0.1, 0.15) is 11.1 Å². The van der Waals surface area contributed by atoms with Gasteiger partial charge in [0.05, 0.1) is 0 Å². The molecule has 0 atom stereocenters. The van der Waals surface area contributed by atoms with Crippen LogP contribution in [-0.4, -0.2) is 47.2 Å². The van der Waals surface area contributed by atoms with Crippen LogP contribution in [0.4, 0.5) is 5.69 Å². The quantitative estimate of drug-likeness (QED) is 0.804. The predicted molar refractivity (Wildman–Crippen MR) is 103 cm³/mol. The molecule has 7 heteroatoms. The summed E-state index contributed by atoms with van der Waals surface area (Å²) < 4.78 is 0. The molecule has 1 fully saturated rings. The first-order valence-electron chi connectivity index (χ1n) is 8.61. The van der Waals surface area contributed by atoms with Crippen LogP contribution < -0.4 is 5.32 Å². The van der Waals surface area contributed by atoms with Crippen LogP contribution in [-0.2, 0) is 20.9 Å². The summed E-state index contributed by atoms with van der Waals surface area (Å²) in [6.45, 7) is 2.94. The highest BCUT2D eigenvalue weighted by atomic mass is 35.5. The van der Waals surface area contributed by atoms with Crippen LogP contribution in [0.15, 0.2) is 48.5 Å². The van der Waals surface area contributed by atoms with Crippen molar-refractivity contribution in [2.45, 2.75) is 13.5 Å². The molecule has 0 saturated carbocycles. The maximum absolute atomic E-state index is 12.4. The number of hydrogen-bond donors (Lipinski definition) is 1. The number of benzene rings is 2. The average molecular weight is 386 g/mol.